The van der Waals surface area contributed by atoms with Crippen molar-refractivity contribution in [2.24, 2.45) is 0 Å². The van der Waals surface area contributed by atoms with Gasteiger partial charge in [-0.25, -0.2) is 4.98 Å². The number of hydrogen-bond acceptors (Lipinski definition) is 6. The Bertz CT molecular complexity index is 1050. The molecule has 27 heavy (non-hydrogen) atoms. The van der Waals surface area contributed by atoms with Crippen LogP contribution in [0.2, 0.25) is 0 Å². The quantitative estimate of drug-likeness (QED) is 0.572. The molecule has 1 aromatic carbocycles. The minimum atomic E-state index is -0.163. The van der Waals surface area contributed by atoms with Gasteiger partial charge in [-0.1, -0.05) is 41.1 Å². The predicted molar refractivity (Wildman–Crippen MR) is 103 cm³/mol. The largest absolute Gasteiger partial charge is 0.357 e. The predicted octanol–water partition coefficient (Wildman–Crippen LogP) is 4.34. The van der Waals surface area contributed by atoms with Crippen LogP contribution in [0.5, 0.6) is 0 Å². The van der Waals surface area contributed by atoms with Gasteiger partial charge in [0, 0.05) is 12.4 Å². The van der Waals surface area contributed by atoms with E-state index in [9.17, 15) is 0 Å². The topological polar surface area (TPSA) is 76.7 Å². The average molecular weight is 357 g/mol. The molecule has 0 fully saturated rings. The Kier molecular flexibility index (Phi) is 4.61. The molecule has 0 aliphatic heterocycles. The van der Waals surface area contributed by atoms with Gasteiger partial charge in [-0.2, -0.15) is 4.98 Å². The number of nitrogens with one attached hydrogen (secondary N) is 1. The zero-order valence-electron chi connectivity index (χ0n) is 15.1. The van der Waals surface area contributed by atoms with E-state index < -0.39 is 0 Å². The minimum Gasteiger partial charge on any atom is -0.357 e. The zero-order valence-corrected chi connectivity index (χ0v) is 15.1. The molecule has 3 heterocycles. The molecule has 134 valence electrons. The van der Waals surface area contributed by atoms with Crippen LogP contribution < -0.4 is 5.32 Å². The first kappa shape index (κ1) is 16.9. The fourth-order valence-electron chi connectivity index (χ4n) is 2.96. The Morgan fingerprint density at radius 2 is 1.81 bits per heavy atom. The van der Waals surface area contributed by atoms with E-state index in [1.165, 1.54) is 5.56 Å². The van der Waals surface area contributed by atoms with Gasteiger partial charge in [0.25, 0.3) is 5.89 Å². The molecule has 1 N–H and O–H groups in total. The summed E-state index contributed by atoms with van der Waals surface area (Å²) in [5, 5.41) is 7.40. The Morgan fingerprint density at radius 3 is 2.56 bits per heavy atom. The summed E-state index contributed by atoms with van der Waals surface area (Å²) in [6.45, 7) is 3.87. The lowest BCUT2D eigenvalue weighted by Crippen LogP contribution is -2.15. The van der Waals surface area contributed by atoms with Crippen molar-refractivity contribution in [3.8, 4) is 11.5 Å². The minimum absolute atomic E-state index is 0.163. The summed E-state index contributed by atoms with van der Waals surface area (Å²) in [7, 11) is 0. The van der Waals surface area contributed by atoms with Crippen molar-refractivity contribution >= 4 is 5.82 Å². The molecule has 0 saturated heterocycles. The number of anilines is 1. The highest BCUT2D eigenvalue weighted by atomic mass is 16.5. The monoisotopic (exact) mass is 357 g/mol. The Morgan fingerprint density at radius 1 is 0.926 bits per heavy atom. The molecule has 0 amide bonds. The number of pyridine rings is 2. The molecular formula is C21H19N5O. The fraction of sp³-hybridized carbons (Fsp3) is 0.143. The standard InChI is InChI=1S/C21H19N5O/c1-14-7-5-8-16(13-14)19(18-10-3-4-11-22-18)25-20-17(9-6-12-23-20)21-24-15(2)26-27-21/h3-13,19H,1-2H3,(H,23,25). The molecule has 6 nitrogen and oxygen atoms in total. The zero-order chi connectivity index (χ0) is 18.6. The van der Waals surface area contributed by atoms with Gasteiger partial charge in [-0.3, -0.25) is 4.98 Å². The van der Waals surface area contributed by atoms with Gasteiger partial charge in [0.2, 0.25) is 0 Å². The van der Waals surface area contributed by atoms with Crippen molar-refractivity contribution in [3.05, 3.63) is 89.6 Å². The van der Waals surface area contributed by atoms with Gasteiger partial charge < -0.3 is 9.84 Å². The number of aromatic nitrogens is 4. The summed E-state index contributed by atoms with van der Waals surface area (Å²) >= 11 is 0. The maximum atomic E-state index is 5.35. The summed E-state index contributed by atoms with van der Waals surface area (Å²) in [4.78, 5) is 13.4. The van der Waals surface area contributed by atoms with E-state index in [1.54, 1.807) is 19.3 Å². The fourth-order valence-corrected chi connectivity index (χ4v) is 2.96. The third-order valence-corrected chi connectivity index (χ3v) is 4.21. The van der Waals surface area contributed by atoms with Crippen molar-refractivity contribution in [1.29, 1.82) is 0 Å². The van der Waals surface area contributed by atoms with E-state index in [0.717, 1.165) is 16.8 Å². The lowest BCUT2D eigenvalue weighted by molar-refractivity contribution is 0.425. The summed E-state index contributed by atoms with van der Waals surface area (Å²) < 4.78 is 5.35. The summed E-state index contributed by atoms with van der Waals surface area (Å²) in [6, 6.07) is 17.8. The van der Waals surface area contributed by atoms with E-state index in [1.807, 2.05) is 36.4 Å². The van der Waals surface area contributed by atoms with E-state index in [0.29, 0.717) is 17.5 Å². The van der Waals surface area contributed by atoms with Gasteiger partial charge in [-0.15, -0.1) is 0 Å². The SMILES string of the molecule is Cc1cccc(C(Nc2ncccc2-c2nc(C)no2)c2ccccn2)c1. The van der Waals surface area contributed by atoms with Crippen LogP contribution in [0.25, 0.3) is 11.5 Å². The maximum absolute atomic E-state index is 5.35. The lowest BCUT2D eigenvalue weighted by Gasteiger charge is -2.21. The van der Waals surface area contributed by atoms with E-state index >= 15 is 0 Å². The third-order valence-electron chi connectivity index (χ3n) is 4.21. The van der Waals surface area contributed by atoms with Crippen molar-refractivity contribution in [3.63, 3.8) is 0 Å². The van der Waals surface area contributed by atoms with Crippen LogP contribution >= 0.6 is 0 Å². The summed E-state index contributed by atoms with van der Waals surface area (Å²) in [6.07, 6.45) is 3.53. The van der Waals surface area contributed by atoms with Crippen molar-refractivity contribution in [2.75, 3.05) is 5.32 Å². The van der Waals surface area contributed by atoms with Crippen LogP contribution in [0, 0.1) is 13.8 Å². The highest BCUT2D eigenvalue weighted by molar-refractivity contribution is 5.69. The van der Waals surface area contributed by atoms with Gasteiger partial charge in [-0.05, 0) is 43.7 Å². The first-order valence-electron chi connectivity index (χ1n) is 8.70. The Balaban J connectivity index is 1.77. The van der Waals surface area contributed by atoms with E-state index in [4.69, 9.17) is 4.52 Å². The van der Waals surface area contributed by atoms with Gasteiger partial charge in [0.15, 0.2) is 5.82 Å². The van der Waals surface area contributed by atoms with E-state index in [2.05, 4.69) is 50.5 Å². The first-order chi connectivity index (χ1) is 13.2. The van der Waals surface area contributed by atoms with Crippen molar-refractivity contribution in [2.45, 2.75) is 19.9 Å². The second-order valence-electron chi connectivity index (χ2n) is 6.29. The molecule has 0 aliphatic rings. The maximum Gasteiger partial charge on any atom is 0.261 e. The van der Waals surface area contributed by atoms with Crippen LogP contribution in [0.15, 0.2) is 71.5 Å². The highest BCUT2D eigenvalue weighted by Crippen LogP contribution is 2.30. The number of aryl methyl sites for hydroxylation is 2. The van der Waals surface area contributed by atoms with E-state index in [-0.39, 0.29) is 6.04 Å². The van der Waals surface area contributed by atoms with Crippen molar-refractivity contribution in [1.82, 2.24) is 20.1 Å². The second-order valence-corrected chi connectivity index (χ2v) is 6.29. The molecule has 0 aliphatic carbocycles. The normalized spacial score (nSPS) is 11.9. The van der Waals surface area contributed by atoms with Gasteiger partial charge >= 0.3 is 0 Å². The molecule has 6 heteroatoms. The molecule has 0 radical (unpaired) electrons. The van der Waals surface area contributed by atoms with Crippen LogP contribution in [0.1, 0.15) is 28.7 Å². The van der Waals surface area contributed by atoms with Gasteiger partial charge in [0.1, 0.15) is 5.82 Å². The molecule has 0 bridgehead atoms. The molecule has 3 aromatic heterocycles. The van der Waals surface area contributed by atoms with Crippen LogP contribution in [-0.2, 0) is 0 Å². The molecule has 0 spiro atoms. The second kappa shape index (κ2) is 7.37. The lowest BCUT2D eigenvalue weighted by atomic mass is 10.0. The van der Waals surface area contributed by atoms with Crippen LogP contribution in [0.3, 0.4) is 0 Å². The van der Waals surface area contributed by atoms with Crippen LogP contribution in [-0.4, -0.2) is 20.1 Å². The summed E-state index contributed by atoms with van der Waals surface area (Å²) in [5.41, 5.74) is 3.95. The molecule has 0 saturated carbocycles. The third kappa shape index (κ3) is 3.69. The van der Waals surface area contributed by atoms with Crippen molar-refractivity contribution < 1.29 is 4.52 Å². The number of nitrogens with zero attached hydrogens (tertiary/aromatic N) is 4. The summed E-state index contributed by atoms with van der Waals surface area (Å²) in [5.74, 6) is 1.69. The smallest absolute Gasteiger partial charge is 0.261 e. The highest BCUT2D eigenvalue weighted by Gasteiger charge is 2.20. The van der Waals surface area contributed by atoms with Crippen LogP contribution in [0.4, 0.5) is 5.82 Å². The first-order valence-corrected chi connectivity index (χ1v) is 8.70. The number of benzene rings is 1. The number of hydrogen-bond donors (Lipinski definition) is 1. The molecule has 1 atom stereocenters. The van der Waals surface area contributed by atoms with Gasteiger partial charge in [0.05, 0.1) is 17.3 Å². The average Bonchev–Trinajstić information content (AvgIpc) is 3.13. The molecule has 4 rings (SSSR count). The molecular weight excluding hydrogens is 338 g/mol. The molecule has 1 unspecified atom stereocenters. The number of rotatable bonds is 5. The Labute approximate surface area is 157 Å². The Hall–Kier alpha value is -3.54. The molecule has 4 aromatic rings.